The molecule has 1 unspecified atom stereocenters. The number of rotatable bonds is 2. The van der Waals surface area contributed by atoms with E-state index in [4.69, 9.17) is 9.84 Å². The number of nitrogens with zero attached hydrogens (tertiary/aromatic N) is 2. The first kappa shape index (κ1) is 14.1. The molecule has 3 atom stereocenters. The second-order valence-electron chi connectivity index (χ2n) is 5.79. The first-order valence-electron chi connectivity index (χ1n) is 7.34. The van der Waals surface area contributed by atoms with Gasteiger partial charge in [0.05, 0.1) is 6.04 Å². The quantitative estimate of drug-likeness (QED) is 0.892. The number of aryl methyl sites for hydroxylation is 1. The van der Waals surface area contributed by atoms with E-state index in [0.29, 0.717) is 19.4 Å². The number of hydrogen-bond donors (Lipinski definition) is 1. The molecule has 2 aliphatic heterocycles. The fourth-order valence-electron chi connectivity index (χ4n) is 3.31. The molecule has 1 aromatic rings. The number of aliphatic carboxylic acids is 1. The largest absolute Gasteiger partial charge is 0.479 e. The van der Waals surface area contributed by atoms with E-state index in [2.05, 4.69) is 23.6 Å². The molecule has 6 nitrogen and oxygen atoms in total. The number of fused-ring (bicyclic) bond motifs is 1. The van der Waals surface area contributed by atoms with Crippen LogP contribution in [0.4, 0.5) is 0 Å². The fourth-order valence-corrected chi connectivity index (χ4v) is 3.31. The zero-order valence-corrected chi connectivity index (χ0v) is 12.3. The lowest BCUT2D eigenvalue weighted by molar-refractivity contribution is -0.156. The summed E-state index contributed by atoms with van der Waals surface area (Å²) in [6.45, 7) is 5.48. The Bertz CT molecular complexity index is 580. The van der Waals surface area contributed by atoms with Crippen molar-refractivity contribution < 1.29 is 19.4 Å². The van der Waals surface area contributed by atoms with Crippen LogP contribution in [-0.2, 0) is 20.9 Å². The summed E-state index contributed by atoms with van der Waals surface area (Å²) >= 11 is 0. The molecule has 0 bridgehead atoms. The molecule has 2 aliphatic rings. The van der Waals surface area contributed by atoms with Crippen molar-refractivity contribution in [2.75, 3.05) is 6.54 Å². The number of carbonyl (C=O) groups is 2. The standard InChI is InChI=1S/C15H20N2O4/c1-9-3-4-11-10(2)17(8-7-16(9)11)14(18)12-5-6-13(21-12)15(19)20/h3-4,10,12-13H,5-8H2,1-2H3,(H,19,20)/t10?,12-,13+/m0/s1. The van der Waals surface area contributed by atoms with E-state index in [-0.39, 0.29) is 11.9 Å². The van der Waals surface area contributed by atoms with E-state index in [1.54, 1.807) is 0 Å². The lowest BCUT2D eigenvalue weighted by Crippen LogP contribution is -2.46. The first-order chi connectivity index (χ1) is 9.99. The highest BCUT2D eigenvalue weighted by atomic mass is 16.5. The Morgan fingerprint density at radius 3 is 2.62 bits per heavy atom. The lowest BCUT2D eigenvalue weighted by atomic mass is 10.1. The Labute approximate surface area is 123 Å². The molecule has 1 fully saturated rings. The maximum Gasteiger partial charge on any atom is 0.332 e. The molecule has 1 aromatic heterocycles. The zero-order chi connectivity index (χ0) is 15.1. The van der Waals surface area contributed by atoms with Gasteiger partial charge in [0.15, 0.2) is 6.10 Å². The Balaban J connectivity index is 1.73. The fraction of sp³-hybridized carbons (Fsp3) is 0.600. The summed E-state index contributed by atoms with van der Waals surface area (Å²) in [5, 5.41) is 8.95. The molecule has 0 radical (unpaired) electrons. The van der Waals surface area contributed by atoms with Crippen LogP contribution in [-0.4, -0.2) is 45.2 Å². The molecule has 0 aliphatic carbocycles. The summed E-state index contributed by atoms with van der Waals surface area (Å²) in [4.78, 5) is 25.3. The van der Waals surface area contributed by atoms with Crippen molar-refractivity contribution in [3.05, 3.63) is 23.5 Å². The SMILES string of the molecule is Cc1ccc2n1CCN(C(=O)[C@@H]1CC[C@H](C(=O)O)O1)C2C. The second-order valence-corrected chi connectivity index (χ2v) is 5.79. The van der Waals surface area contributed by atoms with Crippen LogP contribution in [0.5, 0.6) is 0 Å². The van der Waals surface area contributed by atoms with Crippen LogP contribution in [0, 0.1) is 6.92 Å². The molecule has 0 aromatic carbocycles. The van der Waals surface area contributed by atoms with Crippen molar-refractivity contribution in [3.63, 3.8) is 0 Å². The third kappa shape index (κ3) is 2.33. The van der Waals surface area contributed by atoms with Crippen LogP contribution in [0.3, 0.4) is 0 Å². The highest BCUT2D eigenvalue weighted by molar-refractivity contribution is 5.83. The number of carboxylic acid groups (broad SMARTS) is 1. The summed E-state index contributed by atoms with van der Waals surface area (Å²) in [7, 11) is 0. The Kier molecular flexibility index (Phi) is 3.49. The van der Waals surface area contributed by atoms with E-state index in [0.717, 1.165) is 12.2 Å². The van der Waals surface area contributed by atoms with E-state index < -0.39 is 18.2 Å². The van der Waals surface area contributed by atoms with Crippen molar-refractivity contribution in [3.8, 4) is 0 Å². The maximum atomic E-state index is 12.6. The smallest absolute Gasteiger partial charge is 0.332 e. The molecule has 3 heterocycles. The maximum absolute atomic E-state index is 12.6. The van der Waals surface area contributed by atoms with Gasteiger partial charge in [0.2, 0.25) is 0 Å². The molecule has 114 valence electrons. The molecule has 1 amide bonds. The van der Waals surface area contributed by atoms with Crippen LogP contribution < -0.4 is 0 Å². The summed E-state index contributed by atoms with van der Waals surface area (Å²) in [6.07, 6.45) is -0.566. The van der Waals surface area contributed by atoms with Gasteiger partial charge in [0, 0.05) is 24.5 Å². The van der Waals surface area contributed by atoms with Gasteiger partial charge in [-0.3, -0.25) is 4.79 Å². The van der Waals surface area contributed by atoms with Crippen molar-refractivity contribution in [1.29, 1.82) is 0 Å². The van der Waals surface area contributed by atoms with Gasteiger partial charge in [-0.1, -0.05) is 0 Å². The Morgan fingerprint density at radius 1 is 1.24 bits per heavy atom. The Morgan fingerprint density at radius 2 is 1.95 bits per heavy atom. The van der Waals surface area contributed by atoms with Crippen molar-refractivity contribution in [2.45, 2.75) is 51.5 Å². The van der Waals surface area contributed by atoms with Gasteiger partial charge >= 0.3 is 5.97 Å². The van der Waals surface area contributed by atoms with Crippen LogP contribution in [0.15, 0.2) is 12.1 Å². The molecule has 1 N–H and O–H groups in total. The monoisotopic (exact) mass is 292 g/mol. The van der Waals surface area contributed by atoms with Crippen LogP contribution >= 0.6 is 0 Å². The molecule has 0 saturated carbocycles. The van der Waals surface area contributed by atoms with E-state index >= 15 is 0 Å². The predicted molar refractivity (Wildman–Crippen MR) is 74.8 cm³/mol. The molecule has 1 saturated heterocycles. The second kappa shape index (κ2) is 5.18. The first-order valence-corrected chi connectivity index (χ1v) is 7.34. The number of carboxylic acids is 1. The third-order valence-electron chi connectivity index (χ3n) is 4.55. The number of carbonyl (C=O) groups excluding carboxylic acids is 1. The van der Waals surface area contributed by atoms with Gasteiger partial charge in [-0.25, -0.2) is 4.79 Å². The predicted octanol–water partition coefficient (Wildman–Crippen LogP) is 1.33. The van der Waals surface area contributed by atoms with Crippen LogP contribution in [0.2, 0.25) is 0 Å². The third-order valence-corrected chi connectivity index (χ3v) is 4.55. The van der Waals surface area contributed by atoms with E-state index in [1.165, 1.54) is 5.69 Å². The van der Waals surface area contributed by atoms with Crippen LogP contribution in [0.25, 0.3) is 0 Å². The number of hydrogen-bond acceptors (Lipinski definition) is 3. The van der Waals surface area contributed by atoms with Gasteiger partial charge in [-0.15, -0.1) is 0 Å². The van der Waals surface area contributed by atoms with Gasteiger partial charge in [0.25, 0.3) is 5.91 Å². The van der Waals surface area contributed by atoms with Gasteiger partial charge in [-0.05, 0) is 38.8 Å². The number of aromatic nitrogens is 1. The number of ether oxygens (including phenoxy) is 1. The lowest BCUT2D eigenvalue weighted by Gasteiger charge is -2.36. The highest BCUT2D eigenvalue weighted by Gasteiger charge is 2.39. The topological polar surface area (TPSA) is 71.8 Å². The minimum absolute atomic E-state index is 0.00701. The van der Waals surface area contributed by atoms with Crippen molar-refractivity contribution >= 4 is 11.9 Å². The average Bonchev–Trinajstić information content (AvgIpc) is 3.06. The van der Waals surface area contributed by atoms with Crippen molar-refractivity contribution in [2.24, 2.45) is 0 Å². The van der Waals surface area contributed by atoms with Gasteiger partial charge < -0.3 is 19.3 Å². The molecule has 3 rings (SSSR count). The van der Waals surface area contributed by atoms with E-state index in [9.17, 15) is 9.59 Å². The molecule has 21 heavy (non-hydrogen) atoms. The summed E-state index contributed by atoms with van der Waals surface area (Å²) < 4.78 is 7.61. The average molecular weight is 292 g/mol. The zero-order valence-electron chi connectivity index (χ0n) is 12.3. The van der Waals surface area contributed by atoms with Gasteiger partial charge in [0.1, 0.15) is 6.10 Å². The normalized spacial score (nSPS) is 28.5. The number of amides is 1. The summed E-state index contributed by atoms with van der Waals surface area (Å²) in [5.74, 6) is -1.07. The highest BCUT2D eigenvalue weighted by Crippen LogP contribution is 2.30. The minimum atomic E-state index is -0.985. The molecule has 0 spiro atoms. The summed E-state index contributed by atoms with van der Waals surface area (Å²) in [6, 6.07) is 4.11. The molecular formula is C15H20N2O4. The van der Waals surface area contributed by atoms with Crippen LogP contribution in [0.1, 0.15) is 37.2 Å². The minimum Gasteiger partial charge on any atom is -0.479 e. The molecular weight excluding hydrogens is 272 g/mol. The summed E-state index contributed by atoms with van der Waals surface area (Å²) in [5.41, 5.74) is 2.33. The Hall–Kier alpha value is -1.82. The molecule has 6 heteroatoms. The van der Waals surface area contributed by atoms with Gasteiger partial charge in [-0.2, -0.15) is 0 Å². The van der Waals surface area contributed by atoms with Crippen molar-refractivity contribution in [1.82, 2.24) is 9.47 Å². The van der Waals surface area contributed by atoms with E-state index in [1.807, 2.05) is 11.8 Å².